The number of hydrazine groups is 1. The van der Waals surface area contributed by atoms with Crippen molar-refractivity contribution in [2.24, 2.45) is 10.8 Å². The van der Waals surface area contributed by atoms with Crippen molar-refractivity contribution in [1.29, 1.82) is 0 Å². The highest BCUT2D eigenvalue weighted by Gasteiger charge is 1.94. The van der Waals surface area contributed by atoms with E-state index in [0.29, 0.717) is 0 Å². The molecular formula is C7H17N3S. The average Bonchev–Trinajstić information content (AvgIpc) is 2.05. The van der Waals surface area contributed by atoms with Crippen LogP contribution in [0.3, 0.4) is 0 Å². The molecule has 0 rings (SSSR count). The first-order valence-electron chi connectivity index (χ1n) is 3.91. The fraction of sp³-hybridized carbons (Fsp3) is 0.857. The summed E-state index contributed by atoms with van der Waals surface area (Å²) < 4.78 is 0. The Labute approximate surface area is 72.8 Å². The van der Waals surface area contributed by atoms with Crippen LogP contribution in [0.4, 0.5) is 0 Å². The lowest BCUT2D eigenvalue weighted by atomic mass is 10.3. The molecule has 0 saturated heterocycles. The Bertz CT molecular complexity index is 114. The van der Waals surface area contributed by atoms with Gasteiger partial charge in [0, 0.05) is 12.8 Å². The van der Waals surface area contributed by atoms with Crippen molar-refractivity contribution < 1.29 is 0 Å². The Balaban J connectivity index is 3.22. The standard InChI is InChI=1S/C7H17N3S/c1-3-4-5-6-11-7(9-2)10-8/h3-6,8H2,1-2H3,(H,9,10). The second kappa shape index (κ2) is 7.88. The van der Waals surface area contributed by atoms with Crippen LogP contribution < -0.4 is 11.3 Å². The lowest BCUT2D eigenvalue weighted by Crippen LogP contribution is -2.27. The lowest BCUT2D eigenvalue weighted by molar-refractivity contribution is 0.779. The third-order valence-corrected chi connectivity index (χ3v) is 2.38. The van der Waals surface area contributed by atoms with E-state index in [-0.39, 0.29) is 0 Å². The molecule has 3 nitrogen and oxygen atoms in total. The molecule has 0 aromatic rings. The highest BCUT2D eigenvalue weighted by atomic mass is 32.2. The van der Waals surface area contributed by atoms with E-state index in [9.17, 15) is 0 Å². The van der Waals surface area contributed by atoms with Crippen molar-refractivity contribution in [3.05, 3.63) is 0 Å². The second-order valence-corrected chi connectivity index (χ2v) is 3.31. The summed E-state index contributed by atoms with van der Waals surface area (Å²) in [4.78, 5) is 3.95. The fourth-order valence-corrected chi connectivity index (χ4v) is 1.45. The van der Waals surface area contributed by atoms with Crippen molar-refractivity contribution in [2.75, 3.05) is 12.8 Å². The molecule has 0 heterocycles. The first-order valence-corrected chi connectivity index (χ1v) is 4.90. The second-order valence-electron chi connectivity index (χ2n) is 2.23. The number of nitrogens with two attached hydrogens (primary N) is 1. The summed E-state index contributed by atoms with van der Waals surface area (Å²) in [6.07, 6.45) is 3.78. The Morgan fingerprint density at radius 2 is 2.27 bits per heavy atom. The molecule has 0 aliphatic rings. The highest BCUT2D eigenvalue weighted by Crippen LogP contribution is 2.06. The monoisotopic (exact) mass is 175 g/mol. The van der Waals surface area contributed by atoms with E-state index >= 15 is 0 Å². The predicted molar refractivity (Wildman–Crippen MR) is 52.7 cm³/mol. The number of rotatable bonds is 4. The molecule has 0 saturated carbocycles. The van der Waals surface area contributed by atoms with Gasteiger partial charge in [0.1, 0.15) is 0 Å². The van der Waals surface area contributed by atoms with Crippen molar-refractivity contribution in [1.82, 2.24) is 5.43 Å². The number of nitrogens with zero attached hydrogens (tertiary/aromatic N) is 1. The maximum Gasteiger partial charge on any atom is 0.170 e. The van der Waals surface area contributed by atoms with Gasteiger partial charge in [0.05, 0.1) is 0 Å². The Hall–Kier alpha value is -0.220. The smallest absolute Gasteiger partial charge is 0.170 e. The third kappa shape index (κ3) is 6.19. The summed E-state index contributed by atoms with van der Waals surface area (Å²) >= 11 is 1.68. The summed E-state index contributed by atoms with van der Waals surface area (Å²) in [6, 6.07) is 0. The molecule has 0 amide bonds. The van der Waals surface area contributed by atoms with E-state index in [1.54, 1.807) is 18.8 Å². The topological polar surface area (TPSA) is 50.4 Å². The van der Waals surface area contributed by atoms with Gasteiger partial charge in [-0.1, -0.05) is 31.5 Å². The minimum Gasteiger partial charge on any atom is -0.303 e. The molecule has 4 heteroatoms. The molecule has 0 unspecified atom stereocenters. The van der Waals surface area contributed by atoms with E-state index in [0.717, 1.165) is 10.9 Å². The van der Waals surface area contributed by atoms with E-state index < -0.39 is 0 Å². The Morgan fingerprint density at radius 1 is 1.55 bits per heavy atom. The molecule has 3 N–H and O–H groups in total. The molecule has 0 atom stereocenters. The zero-order valence-electron chi connectivity index (χ0n) is 7.26. The maximum absolute atomic E-state index is 5.20. The summed E-state index contributed by atoms with van der Waals surface area (Å²) in [5.74, 6) is 6.30. The first kappa shape index (κ1) is 10.8. The van der Waals surface area contributed by atoms with E-state index in [1.807, 2.05) is 0 Å². The Kier molecular flexibility index (Phi) is 7.72. The fourth-order valence-electron chi connectivity index (χ4n) is 0.692. The van der Waals surface area contributed by atoms with E-state index in [2.05, 4.69) is 17.3 Å². The van der Waals surface area contributed by atoms with Crippen LogP contribution in [-0.2, 0) is 0 Å². The van der Waals surface area contributed by atoms with Crippen LogP contribution in [0.1, 0.15) is 26.2 Å². The summed E-state index contributed by atoms with van der Waals surface area (Å²) in [6.45, 7) is 2.20. The van der Waals surface area contributed by atoms with Crippen molar-refractivity contribution in [2.45, 2.75) is 26.2 Å². The third-order valence-electron chi connectivity index (χ3n) is 1.31. The summed E-state index contributed by atoms with van der Waals surface area (Å²) in [5.41, 5.74) is 2.54. The maximum atomic E-state index is 5.20. The van der Waals surface area contributed by atoms with Crippen molar-refractivity contribution >= 4 is 16.9 Å². The number of thioether (sulfide) groups is 1. The predicted octanol–water partition coefficient (Wildman–Crippen LogP) is 1.36. The largest absolute Gasteiger partial charge is 0.303 e. The zero-order valence-corrected chi connectivity index (χ0v) is 8.08. The molecule has 66 valence electrons. The van der Waals surface area contributed by atoms with Gasteiger partial charge in [0.2, 0.25) is 0 Å². The summed E-state index contributed by atoms with van der Waals surface area (Å²) in [7, 11) is 1.74. The molecule has 0 aliphatic carbocycles. The van der Waals surface area contributed by atoms with Crippen LogP contribution in [-0.4, -0.2) is 18.0 Å². The van der Waals surface area contributed by atoms with Gasteiger partial charge >= 0.3 is 0 Å². The van der Waals surface area contributed by atoms with Crippen molar-refractivity contribution in [3.8, 4) is 0 Å². The van der Waals surface area contributed by atoms with Crippen LogP contribution >= 0.6 is 11.8 Å². The van der Waals surface area contributed by atoms with Gasteiger partial charge in [-0.2, -0.15) is 0 Å². The van der Waals surface area contributed by atoms with Crippen LogP contribution in [0.25, 0.3) is 0 Å². The van der Waals surface area contributed by atoms with Crippen LogP contribution in [0, 0.1) is 0 Å². The molecule has 0 aromatic carbocycles. The number of hydrogen-bond acceptors (Lipinski definition) is 3. The minimum atomic E-state index is 0.820. The number of hydrogen-bond donors (Lipinski definition) is 2. The highest BCUT2D eigenvalue weighted by molar-refractivity contribution is 8.13. The number of unbranched alkanes of at least 4 members (excludes halogenated alkanes) is 2. The van der Waals surface area contributed by atoms with Gasteiger partial charge in [-0.15, -0.1) is 0 Å². The number of nitrogens with one attached hydrogen (secondary N) is 1. The van der Waals surface area contributed by atoms with Gasteiger partial charge in [-0.05, 0) is 6.42 Å². The van der Waals surface area contributed by atoms with Gasteiger partial charge in [0.15, 0.2) is 5.17 Å². The van der Waals surface area contributed by atoms with Gasteiger partial charge < -0.3 is 5.43 Å². The molecule has 0 aliphatic heterocycles. The molecular weight excluding hydrogens is 158 g/mol. The van der Waals surface area contributed by atoms with Crippen molar-refractivity contribution in [3.63, 3.8) is 0 Å². The normalized spacial score (nSPS) is 11.7. The van der Waals surface area contributed by atoms with E-state index in [4.69, 9.17) is 5.84 Å². The quantitative estimate of drug-likeness (QED) is 0.223. The number of amidine groups is 1. The minimum absolute atomic E-state index is 0.820. The zero-order chi connectivity index (χ0) is 8.53. The molecule has 11 heavy (non-hydrogen) atoms. The number of aliphatic imine (C=N–C) groups is 1. The van der Waals surface area contributed by atoms with Crippen LogP contribution in [0.2, 0.25) is 0 Å². The van der Waals surface area contributed by atoms with Gasteiger partial charge in [-0.3, -0.25) is 4.99 Å². The average molecular weight is 175 g/mol. The molecule has 0 radical (unpaired) electrons. The molecule has 0 spiro atoms. The van der Waals surface area contributed by atoms with Crippen LogP contribution in [0.5, 0.6) is 0 Å². The molecule has 0 bridgehead atoms. The molecule has 0 aromatic heterocycles. The first-order chi connectivity index (χ1) is 5.35. The summed E-state index contributed by atoms with van der Waals surface area (Å²) in [5, 5.41) is 0.820. The van der Waals surface area contributed by atoms with Gasteiger partial charge in [-0.25, -0.2) is 5.84 Å². The molecule has 0 fully saturated rings. The lowest BCUT2D eigenvalue weighted by Gasteiger charge is -2.02. The van der Waals surface area contributed by atoms with E-state index in [1.165, 1.54) is 19.3 Å². The SMILES string of the molecule is CCCCCSC(=NC)NN. The van der Waals surface area contributed by atoms with Gasteiger partial charge in [0.25, 0.3) is 0 Å². The Morgan fingerprint density at radius 3 is 2.73 bits per heavy atom. The van der Waals surface area contributed by atoms with Crippen LogP contribution in [0.15, 0.2) is 4.99 Å².